The molecular weight excluding hydrogens is 486 g/mol. The second-order valence-corrected chi connectivity index (χ2v) is 10.7. The molecule has 0 spiro atoms. The molecule has 3 aromatic rings. The summed E-state index contributed by atoms with van der Waals surface area (Å²) >= 11 is 3.45. The van der Waals surface area contributed by atoms with Crippen molar-refractivity contribution in [2.75, 3.05) is 0 Å². The van der Waals surface area contributed by atoms with Gasteiger partial charge in [-0.3, -0.25) is 4.79 Å². The highest BCUT2D eigenvalue weighted by Gasteiger charge is 2.45. The third-order valence-electron chi connectivity index (χ3n) is 5.75. The van der Waals surface area contributed by atoms with Crippen LogP contribution in [-0.4, -0.2) is 24.5 Å². The van der Waals surface area contributed by atoms with Crippen LogP contribution >= 0.6 is 15.9 Å². The summed E-state index contributed by atoms with van der Waals surface area (Å²) in [4.78, 5) is 13.7. The summed E-state index contributed by atoms with van der Waals surface area (Å²) in [6.07, 6.45) is 2.39. The largest absolute Gasteiger partial charge is 0.289 e. The van der Waals surface area contributed by atoms with Crippen molar-refractivity contribution in [3.63, 3.8) is 0 Å². The number of sulfonamides is 1. The van der Waals surface area contributed by atoms with Gasteiger partial charge in [0.1, 0.15) is 0 Å². The van der Waals surface area contributed by atoms with Crippen molar-refractivity contribution >= 4 is 31.7 Å². The molecule has 4 rings (SSSR count). The van der Waals surface area contributed by atoms with E-state index in [1.807, 2.05) is 62.4 Å². The summed E-state index contributed by atoms with van der Waals surface area (Å²) in [6.45, 7) is 3.86. The first-order valence-electron chi connectivity index (χ1n) is 10.5. The number of carbonyl (C=O) groups excluding carboxylic acids is 1. The Morgan fingerprint density at radius 1 is 0.938 bits per heavy atom. The maximum Gasteiger partial charge on any atom is 0.244 e. The highest BCUT2D eigenvalue weighted by molar-refractivity contribution is 9.10. The van der Waals surface area contributed by atoms with Crippen LogP contribution in [0.15, 0.2) is 99.9 Å². The summed E-state index contributed by atoms with van der Waals surface area (Å²) in [5.74, 6) is -0.154. The third-order valence-corrected chi connectivity index (χ3v) is 8.18. The van der Waals surface area contributed by atoms with Gasteiger partial charge in [0.2, 0.25) is 10.0 Å². The van der Waals surface area contributed by atoms with Gasteiger partial charge in [0, 0.05) is 21.7 Å². The summed E-state index contributed by atoms with van der Waals surface area (Å²) < 4.78 is 30.1. The van der Waals surface area contributed by atoms with E-state index in [9.17, 15) is 13.2 Å². The second-order valence-electron chi connectivity index (χ2n) is 7.89. The van der Waals surface area contributed by atoms with E-state index in [1.165, 1.54) is 4.31 Å². The summed E-state index contributed by atoms with van der Waals surface area (Å²) in [5, 5.41) is 0. The molecule has 0 aliphatic carbocycles. The number of aryl methyl sites for hydroxylation is 1. The van der Waals surface area contributed by atoms with Crippen molar-refractivity contribution in [3.05, 3.63) is 112 Å². The van der Waals surface area contributed by atoms with Gasteiger partial charge in [-0.05, 0) is 43.2 Å². The fraction of sp³-hybridized carbons (Fsp3) is 0.192. The summed E-state index contributed by atoms with van der Waals surface area (Å²) in [6, 6.07) is 22.2. The molecule has 0 saturated carbocycles. The minimum absolute atomic E-state index is 0.154. The standard InChI is InChI=1S/C26H24BrNO3S/c1-3-22-17-24(26(29)20-7-5-4-6-8-20)25(19-11-13-21(27)14-12-19)28(22)32(30,31)23-15-9-18(2)10-16-23/h4-17,22,25H,3H2,1-2H3/t22-,25+/m0/s1. The highest BCUT2D eigenvalue weighted by atomic mass is 79.9. The lowest BCUT2D eigenvalue weighted by molar-refractivity contribution is 0.102. The fourth-order valence-corrected chi connectivity index (χ4v) is 6.14. The van der Waals surface area contributed by atoms with Gasteiger partial charge >= 0.3 is 0 Å². The van der Waals surface area contributed by atoms with Crippen LogP contribution in [0.25, 0.3) is 0 Å². The molecule has 0 bridgehead atoms. The van der Waals surface area contributed by atoms with Crippen molar-refractivity contribution in [2.24, 2.45) is 0 Å². The van der Waals surface area contributed by atoms with Crippen LogP contribution in [0.5, 0.6) is 0 Å². The average molecular weight is 510 g/mol. The smallest absolute Gasteiger partial charge is 0.244 e. The quantitative estimate of drug-likeness (QED) is 0.377. The molecule has 1 aliphatic heterocycles. The Kier molecular flexibility index (Phi) is 6.47. The number of rotatable bonds is 6. The first-order chi connectivity index (χ1) is 15.3. The molecule has 0 radical (unpaired) electrons. The fourth-order valence-electron chi connectivity index (χ4n) is 4.07. The molecule has 0 fully saturated rings. The molecule has 2 atom stereocenters. The van der Waals surface area contributed by atoms with E-state index in [-0.39, 0.29) is 10.7 Å². The third kappa shape index (κ3) is 4.22. The van der Waals surface area contributed by atoms with Crippen LogP contribution < -0.4 is 0 Å². The number of benzene rings is 3. The molecular formula is C26H24BrNO3S. The average Bonchev–Trinajstić information content (AvgIpc) is 3.20. The van der Waals surface area contributed by atoms with Gasteiger partial charge < -0.3 is 0 Å². The van der Waals surface area contributed by atoms with Gasteiger partial charge in [-0.1, -0.05) is 89.1 Å². The Labute approximate surface area is 197 Å². The van der Waals surface area contributed by atoms with Crippen molar-refractivity contribution in [1.82, 2.24) is 4.31 Å². The molecule has 164 valence electrons. The van der Waals surface area contributed by atoms with E-state index in [0.29, 0.717) is 17.6 Å². The van der Waals surface area contributed by atoms with Crippen molar-refractivity contribution in [3.8, 4) is 0 Å². The molecule has 0 saturated heterocycles. The normalized spacial score (nSPS) is 19.0. The van der Waals surface area contributed by atoms with Gasteiger partial charge in [0.15, 0.2) is 5.78 Å². The zero-order chi connectivity index (χ0) is 22.9. The predicted octanol–water partition coefficient (Wildman–Crippen LogP) is 6.09. The monoisotopic (exact) mass is 509 g/mol. The lowest BCUT2D eigenvalue weighted by Gasteiger charge is -2.31. The Morgan fingerprint density at radius 2 is 1.56 bits per heavy atom. The zero-order valence-electron chi connectivity index (χ0n) is 17.9. The number of ketones is 1. The van der Waals surface area contributed by atoms with E-state index in [4.69, 9.17) is 0 Å². The van der Waals surface area contributed by atoms with Crippen LogP contribution in [0.3, 0.4) is 0 Å². The number of nitrogens with zero attached hydrogens (tertiary/aromatic N) is 1. The van der Waals surface area contributed by atoms with Gasteiger partial charge in [0.05, 0.1) is 10.9 Å². The lowest BCUT2D eigenvalue weighted by atomic mass is 9.94. The van der Waals surface area contributed by atoms with Crippen LogP contribution in [0.4, 0.5) is 0 Å². The predicted molar refractivity (Wildman–Crippen MR) is 130 cm³/mol. The number of hydrogen-bond acceptors (Lipinski definition) is 3. The molecule has 0 amide bonds. The lowest BCUT2D eigenvalue weighted by Crippen LogP contribution is -2.38. The minimum Gasteiger partial charge on any atom is -0.289 e. The maximum absolute atomic E-state index is 13.8. The first-order valence-corrected chi connectivity index (χ1v) is 12.7. The van der Waals surface area contributed by atoms with Gasteiger partial charge in [-0.15, -0.1) is 0 Å². The molecule has 6 heteroatoms. The van der Waals surface area contributed by atoms with Gasteiger partial charge in [-0.2, -0.15) is 4.31 Å². The molecule has 0 aromatic heterocycles. The molecule has 4 nitrogen and oxygen atoms in total. The molecule has 32 heavy (non-hydrogen) atoms. The minimum atomic E-state index is -3.86. The van der Waals surface area contributed by atoms with Crippen molar-refractivity contribution in [1.29, 1.82) is 0 Å². The highest BCUT2D eigenvalue weighted by Crippen LogP contribution is 2.43. The molecule has 1 aliphatic rings. The van der Waals surface area contributed by atoms with E-state index in [1.54, 1.807) is 36.4 Å². The second kappa shape index (κ2) is 9.14. The van der Waals surface area contributed by atoms with E-state index in [2.05, 4.69) is 15.9 Å². The van der Waals surface area contributed by atoms with E-state index < -0.39 is 22.1 Å². The molecule has 0 unspecified atom stereocenters. The van der Waals surface area contributed by atoms with Crippen LogP contribution in [0.2, 0.25) is 0 Å². The van der Waals surface area contributed by atoms with Crippen molar-refractivity contribution in [2.45, 2.75) is 37.2 Å². The SMILES string of the molecule is CC[C@H]1C=C(C(=O)c2ccccc2)[C@@H](c2ccc(Br)cc2)N1S(=O)(=O)c1ccc(C)cc1. The Morgan fingerprint density at radius 3 is 2.16 bits per heavy atom. The maximum atomic E-state index is 13.8. The Bertz CT molecular complexity index is 1250. The van der Waals surface area contributed by atoms with Crippen LogP contribution in [0, 0.1) is 6.92 Å². The van der Waals surface area contributed by atoms with Gasteiger partial charge in [-0.25, -0.2) is 8.42 Å². The number of halogens is 1. The van der Waals surface area contributed by atoms with E-state index >= 15 is 0 Å². The van der Waals surface area contributed by atoms with E-state index in [0.717, 1.165) is 15.6 Å². The molecule has 1 heterocycles. The summed E-state index contributed by atoms with van der Waals surface area (Å²) in [5.41, 5.74) is 2.78. The van der Waals surface area contributed by atoms with Gasteiger partial charge in [0.25, 0.3) is 0 Å². The number of carbonyl (C=O) groups is 1. The van der Waals surface area contributed by atoms with Crippen molar-refractivity contribution < 1.29 is 13.2 Å². The number of Topliss-reactive ketones (excluding diaryl/α,β-unsaturated/α-hetero) is 1. The topological polar surface area (TPSA) is 54.5 Å². The number of hydrogen-bond donors (Lipinski definition) is 0. The van der Waals surface area contributed by atoms with Crippen LogP contribution in [0.1, 0.15) is 40.9 Å². The van der Waals surface area contributed by atoms with Crippen LogP contribution in [-0.2, 0) is 10.0 Å². The Balaban J connectivity index is 1.87. The molecule has 3 aromatic carbocycles. The summed E-state index contributed by atoms with van der Waals surface area (Å²) in [7, 11) is -3.86. The molecule has 0 N–H and O–H groups in total. The Hall–Kier alpha value is -2.54. The zero-order valence-corrected chi connectivity index (χ0v) is 20.3. The first kappa shape index (κ1) is 22.6.